The molecule has 0 bridgehead atoms. The summed E-state index contributed by atoms with van der Waals surface area (Å²) in [4.78, 5) is 18.3. The van der Waals surface area contributed by atoms with Crippen molar-refractivity contribution in [3.8, 4) is 0 Å². The fourth-order valence-electron chi connectivity index (χ4n) is 1.94. The van der Waals surface area contributed by atoms with Crippen LogP contribution in [-0.4, -0.2) is 29.9 Å². The summed E-state index contributed by atoms with van der Waals surface area (Å²) in [5.41, 5.74) is 1.64. The zero-order valence-corrected chi connectivity index (χ0v) is 13.0. The number of rotatable bonds is 4. The van der Waals surface area contributed by atoms with E-state index in [1.807, 2.05) is 24.3 Å². The van der Waals surface area contributed by atoms with Gasteiger partial charge in [-0.15, -0.1) is 0 Å². The van der Waals surface area contributed by atoms with E-state index < -0.39 is 0 Å². The average Bonchev–Trinajstić information content (AvgIpc) is 2.48. The number of amides is 1. The minimum absolute atomic E-state index is 0.0572. The molecule has 4 nitrogen and oxygen atoms in total. The van der Waals surface area contributed by atoms with Gasteiger partial charge in [-0.3, -0.25) is 4.79 Å². The van der Waals surface area contributed by atoms with E-state index in [4.69, 9.17) is 0 Å². The second-order valence-electron chi connectivity index (χ2n) is 4.40. The highest BCUT2D eigenvalue weighted by molar-refractivity contribution is 9.10. The molecule has 0 atom stereocenters. The molecule has 1 aromatic heterocycles. The summed E-state index contributed by atoms with van der Waals surface area (Å²) in [7, 11) is 3.54. The summed E-state index contributed by atoms with van der Waals surface area (Å²) in [6.07, 6.45) is 1.66. The van der Waals surface area contributed by atoms with Gasteiger partial charge < -0.3 is 10.2 Å². The maximum absolute atomic E-state index is 12.5. The number of benzene rings is 1. The van der Waals surface area contributed by atoms with Crippen LogP contribution in [0.2, 0.25) is 0 Å². The van der Waals surface area contributed by atoms with E-state index in [1.54, 1.807) is 37.3 Å². The number of nitrogens with one attached hydrogen (secondary N) is 1. The van der Waals surface area contributed by atoms with E-state index in [0.29, 0.717) is 17.9 Å². The molecule has 2 aromatic rings. The van der Waals surface area contributed by atoms with E-state index in [1.165, 1.54) is 0 Å². The van der Waals surface area contributed by atoms with Crippen molar-refractivity contribution in [1.29, 1.82) is 0 Å². The first-order chi connectivity index (χ1) is 9.63. The van der Waals surface area contributed by atoms with Crippen LogP contribution < -0.4 is 5.32 Å². The molecule has 0 radical (unpaired) electrons. The fraction of sp³-hybridized carbons (Fsp3) is 0.200. The van der Waals surface area contributed by atoms with Crippen molar-refractivity contribution in [3.63, 3.8) is 0 Å². The summed E-state index contributed by atoms with van der Waals surface area (Å²) in [6, 6.07) is 11.4. The van der Waals surface area contributed by atoms with Crippen molar-refractivity contribution in [2.45, 2.75) is 6.54 Å². The molecule has 1 N–H and O–H groups in total. The molecule has 0 spiro atoms. The summed E-state index contributed by atoms with van der Waals surface area (Å²) in [6.45, 7) is 0.540. The number of pyridine rings is 1. The highest BCUT2D eigenvalue weighted by Crippen LogP contribution is 2.19. The second kappa shape index (κ2) is 6.52. The Bertz CT molecular complexity index is 616. The molecule has 0 fully saturated rings. The van der Waals surface area contributed by atoms with Crippen molar-refractivity contribution in [2.24, 2.45) is 0 Å². The number of carbonyl (C=O) groups excluding carboxylic acids is 1. The standard InChI is InChI=1S/C15H16BrN3O/c1-17-14-12(7-5-9-18-14)15(20)19(2)10-11-6-3-4-8-13(11)16/h3-9H,10H2,1-2H3,(H,17,18). The van der Waals surface area contributed by atoms with Gasteiger partial charge in [0.25, 0.3) is 5.91 Å². The van der Waals surface area contributed by atoms with Crippen molar-refractivity contribution < 1.29 is 4.79 Å². The van der Waals surface area contributed by atoms with E-state index >= 15 is 0 Å². The van der Waals surface area contributed by atoms with Crippen LogP contribution >= 0.6 is 15.9 Å². The van der Waals surface area contributed by atoms with Crippen LogP contribution in [0.5, 0.6) is 0 Å². The molecule has 0 unspecified atom stereocenters. The van der Waals surface area contributed by atoms with Crippen LogP contribution in [0.15, 0.2) is 47.1 Å². The molecule has 0 saturated carbocycles. The predicted octanol–water partition coefficient (Wildman–Crippen LogP) is 3.16. The number of carbonyl (C=O) groups is 1. The number of hydrogen-bond donors (Lipinski definition) is 1. The van der Waals surface area contributed by atoms with Crippen molar-refractivity contribution in [1.82, 2.24) is 9.88 Å². The topological polar surface area (TPSA) is 45.2 Å². The van der Waals surface area contributed by atoms with E-state index in [2.05, 4.69) is 26.2 Å². The maximum Gasteiger partial charge on any atom is 0.257 e. The summed E-state index contributed by atoms with van der Waals surface area (Å²) in [5.74, 6) is 0.537. The normalized spacial score (nSPS) is 10.2. The predicted molar refractivity (Wildman–Crippen MR) is 83.7 cm³/mol. The summed E-state index contributed by atoms with van der Waals surface area (Å²) < 4.78 is 1.000. The lowest BCUT2D eigenvalue weighted by Crippen LogP contribution is -2.27. The van der Waals surface area contributed by atoms with Crippen molar-refractivity contribution >= 4 is 27.7 Å². The van der Waals surface area contributed by atoms with Crippen LogP contribution in [0.4, 0.5) is 5.82 Å². The lowest BCUT2D eigenvalue weighted by atomic mass is 10.2. The van der Waals surface area contributed by atoms with E-state index in [0.717, 1.165) is 10.0 Å². The van der Waals surface area contributed by atoms with Gasteiger partial charge in [0.15, 0.2) is 0 Å². The Kier molecular flexibility index (Phi) is 4.74. The number of anilines is 1. The van der Waals surface area contributed by atoms with E-state index in [-0.39, 0.29) is 5.91 Å². The van der Waals surface area contributed by atoms with Gasteiger partial charge in [-0.1, -0.05) is 34.1 Å². The van der Waals surface area contributed by atoms with Gasteiger partial charge in [-0.05, 0) is 23.8 Å². The molecule has 0 saturated heterocycles. The van der Waals surface area contributed by atoms with Crippen LogP contribution in [0.1, 0.15) is 15.9 Å². The molecular weight excluding hydrogens is 318 g/mol. The maximum atomic E-state index is 12.5. The van der Waals surface area contributed by atoms with Crippen molar-refractivity contribution in [2.75, 3.05) is 19.4 Å². The highest BCUT2D eigenvalue weighted by Gasteiger charge is 2.16. The Balaban J connectivity index is 2.19. The van der Waals surface area contributed by atoms with Crippen molar-refractivity contribution in [3.05, 3.63) is 58.2 Å². The van der Waals surface area contributed by atoms with E-state index in [9.17, 15) is 4.79 Å². The third-order valence-corrected chi connectivity index (χ3v) is 3.76. The third kappa shape index (κ3) is 3.17. The van der Waals surface area contributed by atoms with Gasteiger partial charge in [0.2, 0.25) is 0 Å². The third-order valence-electron chi connectivity index (χ3n) is 2.99. The minimum atomic E-state index is -0.0572. The minimum Gasteiger partial charge on any atom is -0.372 e. The van der Waals surface area contributed by atoms with Gasteiger partial charge in [-0.2, -0.15) is 0 Å². The monoisotopic (exact) mass is 333 g/mol. The lowest BCUT2D eigenvalue weighted by molar-refractivity contribution is 0.0785. The molecule has 1 heterocycles. The van der Waals surface area contributed by atoms with Gasteiger partial charge in [-0.25, -0.2) is 4.98 Å². The Labute approximate surface area is 127 Å². The summed E-state index contributed by atoms with van der Waals surface area (Å²) >= 11 is 3.50. The molecule has 0 aliphatic carbocycles. The fourth-order valence-corrected chi connectivity index (χ4v) is 2.35. The van der Waals surface area contributed by atoms with Crippen LogP contribution in [0, 0.1) is 0 Å². The number of halogens is 1. The van der Waals surface area contributed by atoms with Gasteiger partial charge in [0.1, 0.15) is 5.82 Å². The Morgan fingerprint density at radius 3 is 2.75 bits per heavy atom. The van der Waals surface area contributed by atoms with Crippen LogP contribution in [0.25, 0.3) is 0 Å². The second-order valence-corrected chi connectivity index (χ2v) is 5.26. The lowest BCUT2D eigenvalue weighted by Gasteiger charge is -2.19. The molecule has 104 valence electrons. The molecule has 1 amide bonds. The largest absolute Gasteiger partial charge is 0.372 e. The Hall–Kier alpha value is -1.88. The molecule has 0 aliphatic heterocycles. The molecule has 2 rings (SSSR count). The average molecular weight is 334 g/mol. The molecule has 0 aliphatic rings. The van der Waals surface area contributed by atoms with Gasteiger partial charge in [0.05, 0.1) is 5.56 Å². The molecule has 5 heteroatoms. The van der Waals surface area contributed by atoms with Crippen LogP contribution in [-0.2, 0) is 6.54 Å². The first-order valence-corrected chi connectivity index (χ1v) is 7.04. The quantitative estimate of drug-likeness (QED) is 0.934. The molecular formula is C15H16BrN3O. The van der Waals surface area contributed by atoms with Crippen LogP contribution in [0.3, 0.4) is 0 Å². The van der Waals surface area contributed by atoms with Gasteiger partial charge in [0, 0.05) is 31.3 Å². The Morgan fingerprint density at radius 2 is 2.05 bits per heavy atom. The number of aromatic nitrogens is 1. The highest BCUT2D eigenvalue weighted by atomic mass is 79.9. The first kappa shape index (κ1) is 14.5. The first-order valence-electron chi connectivity index (χ1n) is 6.25. The molecule has 20 heavy (non-hydrogen) atoms. The van der Waals surface area contributed by atoms with Gasteiger partial charge >= 0.3 is 0 Å². The zero-order valence-electron chi connectivity index (χ0n) is 11.4. The SMILES string of the molecule is CNc1ncccc1C(=O)N(C)Cc1ccccc1Br. The summed E-state index contributed by atoms with van der Waals surface area (Å²) in [5, 5.41) is 2.94. The smallest absolute Gasteiger partial charge is 0.257 e. The molecule has 1 aromatic carbocycles. The zero-order chi connectivity index (χ0) is 14.5. The number of nitrogens with zero attached hydrogens (tertiary/aromatic N) is 2. The number of hydrogen-bond acceptors (Lipinski definition) is 3. The Morgan fingerprint density at radius 1 is 1.30 bits per heavy atom.